The number of rotatable bonds is 10. The Bertz CT molecular complexity index is 1540. The Balaban J connectivity index is 1.39. The number of hydrogen-bond acceptors (Lipinski definition) is 4. The molecule has 0 spiro atoms. The maximum Gasteiger partial charge on any atom is 0.178 e. The fourth-order valence-corrected chi connectivity index (χ4v) is 5.35. The zero-order valence-electron chi connectivity index (χ0n) is 21.0. The maximum atomic E-state index is 14.9. The maximum absolute atomic E-state index is 14.9. The van der Waals surface area contributed by atoms with Crippen LogP contribution in [0.15, 0.2) is 77.8 Å². The molecule has 0 bridgehead atoms. The number of Topliss-reactive ketones (excluding diaryl/α,β-unsaturated/α-hetero) is 1. The summed E-state index contributed by atoms with van der Waals surface area (Å²) in [5, 5.41) is 1.69. The molecular formula is C29H29ClFNO4S. The number of fused-ring (bicyclic) bond motifs is 1. The highest BCUT2D eigenvalue weighted by Crippen LogP contribution is 2.27. The largest absolute Gasteiger partial charge is 0.483 e. The molecule has 0 saturated carbocycles. The molecule has 0 aliphatic rings. The smallest absolute Gasteiger partial charge is 0.178 e. The predicted octanol–water partition coefficient (Wildman–Crippen LogP) is 6.44. The number of hydrogen-bond donors (Lipinski definition) is 0. The second-order valence-corrected chi connectivity index (χ2v) is 12.4. The molecule has 0 fully saturated rings. The topological polar surface area (TPSA) is 65.4 Å². The monoisotopic (exact) mass is 541 g/mol. The Morgan fingerprint density at radius 1 is 0.973 bits per heavy atom. The van der Waals surface area contributed by atoms with Crippen molar-refractivity contribution in [2.45, 2.75) is 50.7 Å². The van der Waals surface area contributed by atoms with Gasteiger partial charge in [-0.3, -0.25) is 4.79 Å². The first-order valence-corrected chi connectivity index (χ1v) is 14.0. The first kappa shape index (κ1) is 26.9. The highest BCUT2D eigenvalue weighted by atomic mass is 35.5. The minimum atomic E-state index is -3.28. The molecule has 0 N–H and O–H groups in total. The van der Waals surface area contributed by atoms with Crippen molar-refractivity contribution in [3.8, 4) is 5.75 Å². The Labute approximate surface area is 221 Å². The van der Waals surface area contributed by atoms with E-state index in [1.165, 1.54) is 18.2 Å². The van der Waals surface area contributed by atoms with Gasteiger partial charge in [0.1, 0.15) is 11.4 Å². The van der Waals surface area contributed by atoms with Gasteiger partial charge in [0.05, 0.1) is 17.2 Å². The molecule has 0 unspecified atom stereocenters. The number of nitrogens with zero attached hydrogens (tertiary/aromatic N) is 1. The van der Waals surface area contributed by atoms with Gasteiger partial charge in [0.2, 0.25) is 0 Å². The summed E-state index contributed by atoms with van der Waals surface area (Å²) >= 11 is 6.08. The molecule has 4 aromatic rings. The lowest BCUT2D eigenvalue weighted by Gasteiger charge is -2.28. The van der Waals surface area contributed by atoms with Gasteiger partial charge in [-0.1, -0.05) is 36.7 Å². The molecular weight excluding hydrogens is 513 g/mol. The summed E-state index contributed by atoms with van der Waals surface area (Å²) in [6, 6.07) is 18.5. The fraction of sp³-hybridized carbons (Fsp3) is 0.276. The number of ketones is 1. The van der Waals surface area contributed by atoms with Gasteiger partial charge >= 0.3 is 0 Å². The van der Waals surface area contributed by atoms with E-state index < -0.39 is 21.3 Å². The minimum Gasteiger partial charge on any atom is -0.483 e. The van der Waals surface area contributed by atoms with Gasteiger partial charge in [0, 0.05) is 35.0 Å². The van der Waals surface area contributed by atoms with Crippen LogP contribution in [0.4, 0.5) is 4.39 Å². The molecule has 5 nitrogen and oxygen atoms in total. The standard InChI is InChI=1S/C29H29ClFNO4S/c1-4-37(34,35)25-9-5-20(6-10-25)15-24(33)16-21-7-12-28(26(31)17-21)36-29(2,3)19-32-14-13-22-18-23(30)8-11-27(22)32/h5-14,17-18H,4,15-16,19H2,1-3H3. The number of halogens is 2. The van der Waals surface area contributed by atoms with E-state index in [0.717, 1.165) is 10.9 Å². The highest BCUT2D eigenvalue weighted by Gasteiger charge is 2.23. The second-order valence-electron chi connectivity index (χ2n) is 9.71. The molecule has 194 valence electrons. The lowest BCUT2D eigenvalue weighted by molar-refractivity contribution is -0.117. The van der Waals surface area contributed by atoms with Crippen molar-refractivity contribution < 1.29 is 22.3 Å². The molecule has 0 aliphatic carbocycles. The molecule has 1 aromatic heterocycles. The zero-order valence-corrected chi connectivity index (χ0v) is 22.6. The van der Waals surface area contributed by atoms with E-state index in [2.05, 4.69) is 0 Å². The van der Waals surface area contributed by atoms with Crippen LogP contribution in [0.3, 0.4) is 0 Å². The zero-order chi connectivity index (χ0) is 26.8. The molecule has 0 aliphatic heterocycles. The van der Waals surface area contributed by atoms with Crippen molar-refractivity contribution in [2.75, 3.05) is 5.75 Å². The summed E-state index contributed by atoms with van der Waals surface area (Å²) in [6.45, 7) is 5.87. The molecule has 8 heteroatoms. The highest BCUT2D eigenvalue weighted by molar-refractivity contribution is 7.91. The molecule has 0 radical (unpaired) electrons. The van der Waals surface area contributed by atoms with Crippen LogP contribution in [0.2, 0.25) is 5.02 Å². The molecule has 37 heavy (non-hydrogen) atoms. The van der Waals surface area contributed by atoms with E-state index in [4.69, 9.17) is 16.3 Å². The first-order chi connectivity index (χ1) is 17.5. The van der Waals surface area contributed by atoms with Crippen LogP contribution in [0.25, 0.3) is 10.9 Å². The van der Waals surface area contributed by atoms with Crippen LogP contribution in [0.5, 0.6) is 5.75 Å². The summed E-state index contributed by atoms with van der Waals surface area (Å²) in [4.78, 5) is 12.8. The van der Waals surface area contributed by atoms with Crippen LogP contribution in [-0.4, -0.2) is 30.1 Å². The van der Waals surface area contributed by atoms with Crippen molar-refractivity contribution >= 4 is 38.1 Å². The quantitative estimate of drug-likeness (QED) is 0.232. The van der Waals surface area contributed by atoms with Gasteiger partial charge in [-0.15, -0.1) is 0 Å². The number of carbonyl (C=O) groups excluding carboxylic acids is 1. The van der Waals surface area contributed by atoms with Crippen LogP contribution < -0.4 is 4.74 Å². The molecule has 3 aromatic carbocycles. The van der Waals surface area contributed by atoms with Crippen molar-refractivity contribution in [1.29, 1.82) is 0 Å². The Morgan fingerprint density at radius 3 is 2.32 bits per heavy atom. The Hall–Kier alpha value is -3.16. The molecule has 4 rings (SSSR count). The SMILES string of the molecule is CCS(=O)(=O)c1ccc(CC(=O)Cc2ccc(OC(C)(C)Cn3ccc4cc(Cl)ccc43)c(F)c2)cc1. The molecule has 1 heterocycles. The van der Waals surface area contributed by atoms with E-state index in [1.807, 2.05) is 48.9 Å². The number of benzene rings is 3. The van der Waals surface area contributed by atoms with Crippen LogP contribution in [0, 0.1) is 5.82 Å². The summed E-state index contributed by atoms with van der Waals surface area (Å²) in [7, 11) is -3.28. The molecule has 0 atom stereocenters. The Kier molecular flexibility index (Phi) is 7.76. The third-order valence-electron chi connectivity index (χ3n) is 6.13. The van der Waals surface area contributed by atoms with E-state index >= 15 is 0 Å². The van der Waals surface area contributed by atoms with Gasteiger partial charge in [0.15, 0.2) is 21.4 Å². The average Bonchev–Trinajstić information content (AvgIpc) is 3.22. The fourth-order valence-electron chi connectivity index (χ4n) is 4.29. The number of ether oxygens (including phenoxy) is 1. The molecule has 0 amide bonds. The van der Waals surface area contributed by atoms with Crippen LogP contribution in [-0.2, 0) is 34.0 Å². The predicted molar refractivity (Wildman–Crippen MR) is 145 cm³/mol. The van der Waals surface area contributed by atoms with E-state index in [9.17, 15) is 17.6 Å². The summed E-state index contributed by atoms with van der Waals surface area (Å²) in [6.07, 6.45) is 2.15. The van der Waals surface area contributed by atoms with Crippen LogP contribution in [0.1, 0.15) is 31.9 Å². The van der Waals surface area contributed by atoms with Crippen molar-refractivity contribution in [2.24, 2.45) is 0 Å². The van der Waals surface area contributed by atoms with Gasteiger partial charge in [-0.05, 0) is 73.5 Å². The number of aromatic nitrogens is 1. The third kappa shape index (κ3) is 6.59. The van der Waals surface area contributed by atoms with E-state index in [1.54, 1.807) is 31.2 Å². The normalized spacial score (nSPS) is 12.1. The lowest BCUT2D eigenvalue weighted by atomic mass is 10.0. The summed E-state index contributed by atoms with van der Waals surface area (Å²) in [5.74, 6) is -0.490. The summed E-state index contributed by atoms with van der Waals surface area (Å²) in [5.41, 5.74) is 1.56. The second kappa shape index (κ2) is 10.7. The van der Waals surface area contributed by atoms with Crippen molar-refractivity contribution in [1.82, 2.24) is 4.57 Å². The Morgan fingerprint density at radius 2 is 1.65 bits per heavy atom. The summed E-state index contributed by atoms with van der Waals surface area (Å²) < 4.78 is 46.9. The minimum absolute atomic E-state index is 0.0202. The van der Waals surface area contributed by atoms with Gasteiger partial charge < -0.3 is 9.30 Å². The van der Waals surface area contributed by atoms with E-state index in [0.29, 0.717) is 22.7 Å². The lowest BCUT2D eigenvalue weighted by Crippen LogP contribution is -2.33. The van der Waals surface area contributed by atoms with Gasteiger partial charge in [-0.25, -0.2) is 12.8 Å². The first-order valence-electron chi connectivity index (χ1n) is 12.0. The van der Waals surface area contributed by atoms with Gasteiger partial charge in [-0.2, -0.15) is 0 Å². The van der Waals surface area contributed by atoms with Crippen molar-refractivity contribution in [3.63, 3.8) is 0 Å². The number of carbonyl (C=O) groups is 1. The van der Waals surface area contributed by atoms with Crippen LogP contribution >= 0.6 is 11.6 Å². The van der Waals surface area contributed by atoms with E-state index in [-0.39, 0.29) is 35.0 Å². The van der Waals surface area contributed by atoms with Gasteiger partial charge in [0.25, 0.3) is 0 Å². The third-order valence-corrected chi connectivity index (χ3v) is 8.12. The molecule has 0 saturated heterocycles. The van der Waals surface area contributed by atoms with Crippen molar-refractivity contribution in [3.05, 3.63) is 94.9 Å². The average molecular weight is 542 g/mol. The number of sulfone groups is 1.